The van der Waals surface area contributed by atoms with Crippen LogP contribution in [0.15, 0.2) is 54.6 Å². The van der Waals surface area contributed by atoms with E-state index in [0.717, 1.165) is 11.3 Å². The number of hydrogen-bond donors (Lipinski definition) is 0. The van der Waals surface area contributed by atoms with Gasteiger partial charge >= 0.3 is 5.97 Å². The van der Waals surface area contributed by atoms with Gasteiger partial charge in [0.25, 0.3) is 0 Å². The standard InChI is InChI=1S/C21H22N2O3/c1-16(13-21(25)26-2)12-20(24)23(15-18-6-4-3-5-7-18)19-10-8-17(14-22)9-11-19/h3-11,16H,12-13,15H2,1-2H3/t16-/m0/s1. The second-order valence-corrected chi connectivity index (χ2v) is 6.21. The SMILES string of the molecule is COC(=O)C[C@@H](C)CC(=O)N(Cc1ccccc1)c1ccc(C#N)cc1. The first-order valence-corrected chi connectivity index (χ1v) is 8.44. The van der Waals surface area contributed by atoms with E-state index in [2.05, 4.69) is 10.8 Å². The van der Waals surface area contributed by atoms with Crippen LogP contribution in [0.25, 0.3) is 0 Å². The van der Waals surface area contributed by atoms with Crippen molar-refractivity contribution in [3.8, 4) is 6.07 Å². The van der Waals surface area contributed by atoms with Gasteiger partial charge in [-0.3, -0.25) is 9.59 Å². The molecule has 5 heteroatoms. The van der Waals surface area contributed by atoms with Crippen LogP contribution in [0.1, 0.15) is 30.9 Å². The zero-order valence-electron chi connectivity index (χ0n) is 15.0. The molecule has 0 aliphatic carbocycles. The Morgan fingerprint density at radius 2 is 1.73 bits per heavy atom. The van der Waals surface area contributed by atoms with Crippen molar-refractivity contribution in [3.63, 3.8) is 0 Å². The molecule has 0 aromatic heterocycles. The molecule has 5 nitrogen and oxygen atoms in total. The van der Waals surface area contributed by atoms with E-state index in [0.29, 0.717) is 12.1 Å². The van der Waals surface area contributed by atoms with E-state index in [1.807, 2.05) is 37.3 Å². The summed E-state index contributed by atoms with van der Waals surface area (Å²) < 4.78 is 4.67. The Kier molecular flexibility index (Phi) is 6.92. The highest BCUT2D eigenvalue weighted by Crippen LogP contribution is 2.21. The maximum Gasteiger partial charge on any atom is 0.305 e. The van der Waals surface area contributed by atoms with Crippen molar-refractivity contribution in [2.24, 2.45) is 5.92 Å². The second kappa shape index (κ2) is 9.38. The first-order chi connectivity index (χ1) is 12.5. The molecule has 1 atom stereocenters. The van der Waals surface area contributed by atoms with Crippen molar-refractivity contribution < 1.29 is 14.3 Å². The van der Waals surface area contributed by atoms with E-state index in [-0.39, 0.29) is 30.6 Å². The van der Waals surface area contributed by atoms with Gasteiger partial charge < -0.3 is 9.64 Å². The summed E-state index contributed by atoms with van der Waals surface area (Å²) in [5.41, 5.74) is 2.27. The molecular weight excluding hydrogens is 328 g/mol. The average molecular weight is 350 g/mol. The minimum Gasteiger partial charge on any atom is -0.469 e. The lowest BCUT2D eigenvalue weighted by molar-refractivity contribution is -0.141. The molecule has 1 amide bonds. The summed E-state index contributed by atoms with van der Waals surface area (Å²) in [5.74, 6) is -0.514. The summed E-state index contributed by atoms with van der Waals surface area (Å²) in [4.78, 5) is 26.0. The van der Waals surface area contributed by atoms with E-state index in [1.165, 1.54) is 7.11 Å². The zero-order chi connectivity index (χ0) is 18.9. The predicted molar refractivity (Wildman–Crippen MR) is 99.2 cm³/mol. The smallest absolute Gasteiger partial charge is 0.305 e. The molecule has 0 saturated carbocycles. The number of amides is 1. The highest BCUT2D eigenvalue weighted by atomic mass is 16.5. The van der Waals surface area contributed by atoms with Crippen LogP contribution in [0.3, 0.4) is 0 Å². The minimum absolute atomic E-state index is 0.0741. The van der Waals surface area contributed by atoms with Gasteiger partial charge in [0.15, 0.2) is 0 Å². The van der Waals surface area contributed by atoms with Gasteiger partial charge in [-0.2, -0.15) is 5.26 Å². The molecule has 0 fully saturated rings. The van der Waals surface area contributed by atoms with Crippen molar-refractivity contribution in [1.82, 2.24) is 0 Å². The molecule has 0 aliphatic rings. The summed E-state index contributed by atoms with van der Waals surface area (Å²) in [6.45, 7) is 2.28. The molecule has 0 unspecified atom stereocenters. The average Bonchev–Trinajstić information content (AvgIpc) is 2.66. The highest BCUT2D eigenvalue weighted by molar-refractivity contribution is 5.93. The van der Waals surface area contributed by atoms with Crippen LogP contribution in [0.4, 0.5) is 5.69 Å². The molecular formula is C21H22N2O3. The quantitative estimate of drug-likeness (QED) is 0.714. The van der Waals surface area contributed by atoms with Gasteiger partial charge in [-0.1, -0.05) is 37.3 Å². The Balaban J connectivity index is 2.20. The number of benzene rings is 2. The van der Waals surface area contributed by atoms with Crippen LogP contribution < -0.4 is 4.90 Å². The van der Waals surface area contributed by atoms with E-state index < -0.39 is 0 Å². The van der Waals surface area contributed by atoms with Crippen molar-refractivity contribution in [1.29, 1.82) is 5.26 Å². The highest BCUT2D eigenvalue weighted by Gasteiger charge is 2.20. The molecule has 0 bridgehead atoms. The van der Waals surface area contributed by atoms with Gasteiger partial charge in [0, 0.05) is 18.5 Å². The van der Waals surface area contributed by atoms with Crippen LogP contribution in [0, 0.1) is 17.2 Å². The number of ether oxygens (including phenoxy) is 1. The van der Waals surface area contributed by atoms with Crippen LogP contribution in [-0.2, 0) is 20.9 Å². The van der Waals surface area contributed by atoms with Gasteiger partial charge in [0.1, 0.15) is 0 Å². The maximum absolute atomic E-state index is 12.9. The van der Waals surface area contributed by atoms with Gasteiger partial charge in [-0.15, -0.1) is 0 Å². The fourth-order valence-electron chi connectivity index (χ4n) is 2.65. The number of carbonyl (C=O) groups is 2. The fourth-order valence-corrected chi connectivity index (χ4v) is 2.65. The minimum atomic E-state index is -0.321. The van der Waals surface area contributed by atoms with Gasteiger partial charge in [-0.05, 0) is 35.7 Å². The Morgan fingerprint density at radius 1 is 1.08 bits per heavy atom. The van der Waals surface area contributed by atoms with Crippen molar-refractivity contribution in [2.45, 2.75) is 26.3 Å². The summed E-state index contributed by atoms with van der Waals surface area (Å²) in [5, 5.41) is 8.96. The van der Waals surface area contributed by atoms with Gasteiger partial charge in [0.05, 0.1) is 25.3 Å². The van der Waals surface area contributed by atoms with E-state index in [4.69, 9.17) is 5.26 Å². The molecule has 0 N–H and O–H groups in total. The summed E-state index contributed by atoms with van der Waals surface area (Å²) in [7, 11) is 1.34. The number of carbonyl (C=O) groups excluding carboxylic acids is 2. The van der Waals surface area contributed by atoms with Crippen LogP contribution in [0.2, 0.25) is 0 Å². The van der Waals surface area contributed by atoms with Crippen molar-refractivity contribution in [3.05, 3.63) is 65.7 Å². The zero-order valence-corrected chi connectivity index (χ0v) is 15.0. The third-order valence-corrected chi connectivity index (χ3v) is 4.06. The lowest BCUT2D eigenvalue weighted by Crippen LogP contribution is -2.32. The number of rotatable bonds is 7. The predicted octanol–water partition coefficient (Wildman–Crippen LogP) is 3.68. The van der Waals surface area contributed by atoms with Gasteiger partial charge in [-0.25, -0.2) is 0 Å². The molecule has 26 heavy (non-hydrogen) atoms. The van der Waals surface area contributed by atoms with Crippen LogP contribution in [0.5, 0.6) is 0 Å². The largest absolute Gasteiger partial charge is 0.469 e. The van der Waals surface area contributed by atoms with Gasteiger partial charge in [0.2, 0.25) is 5.91 Å². The lowest BCUT2D eigenvalue weighted by atomic mass is 10.0. The lowest BCUT2D eigenvalue weighted by Gasteiger charge is -2.24. The molecule has 134 valence electrons. The number of nitrogens with zero attached hydrogens (tertiary/aromatic N) is 2. The molecule has 0 radical (unpaired) electrons. The van der Waals surface area contributed by atoms with Crippen molar-refractivity contribution in [2.75, 3.05) is 12.0 Å². The Hall–Kier alpha value is -3.13. The summed E-state index contributed by atoms with van der Waals surface area (Å²) >= 11 is 0. The number of esters is 1. The molecule has 0 heterocycles. The van der Waals surface area contributed by atoms with E-state index in [1.54, 1.807) is 29.2 Å². The first-order valence-electron chi connectivity index (χ1n) is 8.44. The molecule has 2 rings (SSSR count). The molecule has 0 aliphatic heterocycles. The fraction of sp³-hybridized carbons (Fsp3) is 0.286. The Labute approximate surface area is 153 Å². The molecule has 0 spiro atoms. The molecule has 2 aromatic carbocycles. The van der Waals surface area contributed by atoms with Crippen LogP contribution in [-0.4, -0.2) is 19.0 Å². The van der Waals surface area contributed by atoms with Crippen LogP contribution >= 0.6 is 0 Å². The summed E-state index contributed by atoms with van der Waals surface area (Å²) in [6.07, 6.45) is 0.441. The topological polar surface area (TPSA) is 70.4 Å². The Morgan fingerprint density at radius 3 is 2.31 bits per heavy atom. The van der Waals surface area contributed by atoms with E-state index in [9.17, 15) is 9.59 Å². The van der Waals surface area contributed by atoms with E-state index >= 15 is 0 Å². The Bertz CT molecular complexity index is 779. The third kappa shape index (κ3) is 5.45. The monoisotopic (exact) mass is 350 g/mol. The third-order valence-electron chi connectivity index (χ3n) is 4.06. The van der Waals surface area contributed by atoms with Crippen molar-refractivity contribution >= 4 is 17.6 Å². The number of nitriles is 1. The maximum atomic E-state index is 12.9. The number of hydrogen-bond acceptors (Lipinski definition) is 4. The number of anilines is 1. The molecule has 2 aromatic rings. The first kappa shape index (κ1) is 19.2. The normalized spacial score (nSPS) is 11.3. The summed E-state index contributed by atoms with van der Waals surface area (Å²) in [6, 6.07) is 18.7. The second-order valence-electron chi connectivity index (χ2n) is 6.21. The number of methoxy groups -OCH3 is 1. The molecule has 0 saturated heterocycles.